The van der Waals surface area contributed by atoms with E-state index >= 15 is 0 Å². The lowest BCUT2D eigenvalue weighted by atomic mass is 10.2. The van der Waals surface area contributed by atoms with Crippen LogP contribution in [0.4, 0.5) is 19.0 Å². The molecule has 33 heavy (non-hydrogen) atoms. The molecule has 0 spiro atoms. The first kappa shape index (κ1) is 20.6. The third-order valence-corrected chi connectivity index (χ3v) is 5.16. The van der Waals surface area contributed by atoms with E-state index in [1.807, 2.05) is 0 Å². The molecule has 1 amide bonds. The minimum atomic E-state index is -4.55. The molecular formula is C23H16F3N5O2. The number of hydrogen-bond donors (Lipinski definition) is 2. The monoisotopic (exact) mass is 451 g/mol. The minimum absolute atomic E-state index is 0.0206. The van der Waals surface area contributed by atoms with Crippen LogP contribution in [0, 0.1) is 0 Å². The molecule has 166 valence electrons. The Hall–Kier alpha value is -4.34. The van der Waals surface area contributed by atoms with Gasteiger partial charge in [-0.3, -0.25) is 9.36 Å². The van der Waals surface area contributed by atoms with Crippen molar-refractivity contribution < 1.29 is 22.4 Å². The largest absolute Gasteiger partial charge is 0.467 e. The van der Waals surface area contributed by atoms with Crippen LogP contribution in [-0.4, -0.2) is 20.4 Å². The van der Waals surface area contributed by atoms with Crippen LogP contribution in [-0.2, 0) is 12.7 Å². The molecule has 3 heterocycles. The third-order valence-electron chi connectivity index (χ3n) is 5.16. The Bertz CT molecular complexity index is 1490. The number of hydrogen-bond acceptors (Lipinski definition) is 5. The quantitative estimate of drug-likeness (QED) is 0.413. The molecule has 0 unspecified atom stereocenters. The van der Waals surface area contributed by atoms with E-state index in [2.05, 4.69) is 15.3 Å². The summed E-state index contributed by atoms with van der Waals surface area (Å²) in [6, 6.07) is 15.0. The number of amides is 1. The standard InChI is InChI=1S/C23H16F3N5O2/c24-23(25,26)13-5-3-6-14(11-13)31-20(27)18(22(32)28-12-15-7-4-10-33-15)19-21(31)30-17-9-2-1-8-16(17)29-19/h1-11H,12,27H2,(H,28,32). The number of nitrogens with two attached hydrogens (primary N) is 1. The fraction of sp³-hybridized carbons (Fsp3) is 0.0870. The number of nitrogens with one attached hydrogen (secondary N) is 1. The maximum atomic E-state index is 13.3. The van der Waals surface area contributed by atoms with Gasteiger partial charge in [-0.25, -0.2) is 9.97 Å². The summed E-state index contributed by atoms with van der Waals surface area (Å²) in [7, 11) is 0. The van der Waals surface area contributed by atoms with Crippen molar-refractivity contribution in [1.29, 1.82) is 0 Å². The fourth-order valence-corrected chi connectivity index (χ4v) is 3.64. The molecule has 0 bridgehead atoms. The van der Waals surface area contributed by atoms with Gasteiger partial charge in [-0.05, 0) is 42.5 Å². The number of halogens is 3. The highest BCUT2D eigenvalue weighted by Crippen LogP contribution is 2.34. The molecule has 0 fully saturated rings. The molecule has 0 aliphatic heterocycles. The number of alkyl halides is 3. The van der Waals surface area contributed by atoms with E-state index in [-0.39, 0.29) is 34.8 Å². The number of rotatable bonds is 4. The summed E-state index contributed by atoms with van der Waals surface area (Å²) in [6.45, 7) is 0.0997. The lowest BCUT2D eigenvalue weighted by Gasteiger charge is -2.12. The van der Waals surface area contributed by atoms with E-state index in [0.717, 1.165) is 12.1 Å². The van der Waals surface area contributed by atoms with Gasteiger partial charge in [-0.2, -0.15) is 13.2 Å². The predicted octanol–water partition coefficient (Wildman–Crippen LogP) is 4.70. The first-order chi connectivity index (χ1) is 15.8. The van der Waals surface area contributed by atoms with Gasteiger partial charge in [0.15, 0.2) is 5.65 Å². The molecule has 5 rings (SSSR count). The van der Waals surface area contributed by atoms with Crippen LogP contribution >= 0.6 is 0 Å². The van der Waals surface area contributed by atoms with Crippen molar-refractivity contribution in [2.24, 2.45) is 0 Å². The van der Waals surface area contributed by atoms with Gasteiger partial charge >= 0.3 is 6.18 Å². The van der Waals surface area contributed by atoms with Gasteiger partial charge in [-0.1, -0.05) is 18.2 Å². The Morgan fingerprint density at radius 3 is 2.48 bits per heavy atom. The van der Waals surface area contributed by atoms with E-state index in [1.165, 1.54) is 23.0 Å². The average molecular weight is 451 g/mol. The Labute approximate surface area is 184 Å². The molecule has 2 aromatic carbocycles. The number of aromatic nitrogens is 3. The number of furan rings is 1. The van der Waals surface area contributed by atoms with Crippen LogP contribution < -0.4 is 11.1 Å². The Morgan fingerprint density at radius 2 is 1.79 bits per heavy atom. The first-order valence-corrected chi connectivity index (χ1v) is 9.88. The number of nitrogens with zero attached hydrogens (tertiary/aromatic N) is 3. The number of para-hydroxylation sites is 2. The lowest BCUT2D eigenvalue weighted by molar-refractivity contribution is -0.137. The van der Waals surface area contributed by atoms with E-state index in [1.54, 1.807) is 36.4 Å². The van der Waals surface area contributed by atoms with Crippen LogP contribution in [0.25, 0.3) is 27.9 Å². The number of nitrogen functional groups attached to an aromatic ring is 1. The molecule has 0 aliphatic carbocycles. The van der Waals surface area contributed by atoms with Gasteiger partial charge in [0.05, 0.1) is 29.4 Å². The van der Waals surface area contributed by atoms with Crippen LogP contribution in [0.5, 0.6) is 0 Å². The molecule has 5 aromatic rings. The highest BCUT2D eigenvalue weighted by molar-refractivity contribution is 6.11. The smallest absolute Gasteiger partial charge is 0.416 e. The number of anilines is 1. The highest BCUT2D eigenvalue weighted by atomic mass is 19.4. The average Bonchev–Trinajstić information content (AvgIpc) is 3.41. The summed E-state index contributed by atoms with van der Waals surface area (Å²) < 4.78 is 46.5. The Kier molecular flexibility index (Phi) is 4.77. The molecule has 3 aromatic heterocycles. The molecule has 0 radical (unpaired) electrons. The molecule has 0 aliphatic rings. The van der Waals surface area contributed by atoms with Gasteiger partial charge in [0.2, 0.25) is 0 Å². The SMILES string of the molecule is Nc1c(C(=O)NCc2ccco2)c2nc3ccccc3nc2n1-c1cccc(C(F)(F)F)c1. The number of carbonyl (C=O) groups excluding carboxylic acids is 1. The maximum absolute atomic E-state index is 13.3. The summed E-state index contributed by atoms with van der Waals surface area (Å²) in [5.74, 6) is -0.0964. The predicted molar refractivity (Wildman–Crippen MR) is 116 cm³/mol. The van der Waals surface area contributed by atoms with Crippen molar-refractivity contribution in [2.45, 2.75) is 12.7 Å². The summed E-state index contributed by atoms with van der Waals surface area (Å²) in [5, 5.41) is 2.71. The van der Waals surface area contributed by atoms with Crippen LogP contribution in [0.3, 0.4) is 0 Å². The van der Waals surface area contributed by atoms with E-state index in [0.29, 0.717) is 16.8 Å². The van der Waals surface area contributed by atoms with Gasteiger partial charge in [-0.15, -0.1) is 0 Å². The van der Waals surface area contributed by atoms with Crippen molar-refractivity contribution in [3.8, 4) is 5.69 Å². The molecule has 0 saturated carbocycles. The molecular weight excluding hydrogens is 435 g/mol. The van der Waals surface area contributed by atoms with Gasteiger partial charge in [0.1, 0.15) is 22.7 Å². The number of benzene rings is 2. The third kappa shape index (κ3) is 3.65. The van der Waals surface area contributed by atoms with Crippen LogP contribution in [0.15, 0.2) is 71.3 Å². The van der Waals surface area contributed by atoms with Crippen molar-refractivity contribution >= 4 is 33.9 Å². The van der Waals surface area contributed by atoms with E-state index < -0.39 is 17.6 Å². The zero-order valence-electron chi connectivity index (χ0n) is 16.9. The molecule has 7 nitrogen and oxygen atoms in total. The molecule has 0 atom stereocenters. The van der Waals surface area contributed by atoms with Gasteiger partial charge in [0, 0.05) is 5.69 Å². The van der Waals surface area contributed by atoms with Crippen molar-refractivity contribution in [2.75, 3.05) is 5.73 Å². The molecule has 3 N–H and O–H groups in total. The van der Waals surface area contributed by atoms with Gasteiger partial charge in [0.25, 0.3) is 5.91 Å². The molecule has 0 saturated heterocycles. The summed E-state index contributed by atoms with van der Waals surface area (Å²) in [5.41, 5.74) is 7.01. The second-order valence-corrected chi connectivity index (χ2v) is 7.29. The summed E-state index contributed by atoms with van der Waals surface area (Å²) in [4.78, 5) is 22.2. The van der Waals surface area contributed by atoms with E-state index in [9.17, 15) is 18.0 Å². The zero-order valence-corrected chi connectivity index (χ0v) is 16.9. The summed E-state index contributed by atoms with van der Waals surface area (Å²) in [6.07, 6.45) is -3.07. The zero-order chi connectivity index (χ0) is 23.2. The van der Waals surface area contributed by atoms with Crippen molar-refractivity contribution in [1.82, 2.24) is 19.9 Å². The van der Waals surface area contributed by atoms with Crippen molar-refractivity contribution in [3.05, 3.63) is 83.8 Å². The normalized spacial score (nSPS) is 11.8. The minimum Gasteiger partial charge on any atom is -0.467 e. The lowest BCUT2D eigenvalue weighted by Crippen LogP contribution is -2.23. The second-order valence-electron chi connectivity index (χ2n) is 7.29. The Morgan fingerprint density at radius 1 is 1.03 bits per heavy atom. The Balaban J connectivity index is 1.71. The second kappa shape index (κ2) is 7.66. The van der Waals surface area contributed by atoms with Crippen LogP contribution in [0.2, 0.25) is 0 Å². The maximum Gasteiger partial charge on any atom is 0.416 e. The molecule has 10 heteroatoms. The number of fused-ring (bicyclic) bond motifs is 2. The van der Waals surface area contributed by atoms with Gasteiger partial charge < -0.3 is 15.5 Å². The fourth-order valence-electron chi connectivity index (χ4n) is 3.64. The topological polar surface area (TPSA) is 99.0 Å². The van der Waals surface area contributed by atoms with Crippen molar-refractivity contribution in [3.63, 3.8) is 0 Å². The first-order valence-electron chi connectivity index (χ1n) is 9.88. The summed E-state index contributed by atoms with van der Waals surface area (Å²) >= 11 is 0. The number of carbonyl (C=O) groups is 1. The van der Waals surface area contributed by atoms with E-state index in [4.69, 9.17) is 10.2 Å². The highest BCUT2D eigenvalue weighted by Gasteiger charge is 2.31. The van der Waals surface area contributed by atoms with Crippen LogP contribution in [0.1, 0.15) is 21.7 Å².